The van der Waals surface area contributed by atoms with Gasteiger partial charge in [-0.3, -0.25) is 0 Å². The average Bonchev–Trinajstić information content (AvgIpc) is 2.16. The van der Waals surface area contributed by atoms with E-state index in [1.165, 1.54) is 12.8 Å². The molecule has 0 bridgehead atoms. The SMILES string of the molecule is CCCC[O][Sn][O][Sn][O]CCCC. The van der Waals surface area contributed by atoms with Gasteiger partial charge in [0.1, 0.15) is 0 Å². The maximum atomic E-state index is 5.42. The van der Waals surface area contributed by atoms with Crippen molar-refractivity contribution in [2.75, 3.05) is 13.2 Å². The summed E-state index contributed by atoms with van der Waals surface area (Å²) in [5, 5.41) is 0. The van der Waals surface area contributed by atoms with Gasteiger partial charge in [0.05, 0.1) is 0 Å². The van der Waals surface area contributed by atoms with Gasteiger partial charge in [0.15, 0.2) is 0 Å². The van der Waals surface area contributed by atoms with Crippen LogP contribution in [0, 0.1) is 0 Å². The predicted molar refractivity (Wildman–Crippen MR) is 54.3 cm³/mol. The molecule has 0 aromatic rings. The molecule has 0 aromatic heterocycles. The third kappa shape index (κ3) is 13.5. The summed E-state index contributed by atoms with van der Waals surface area (Å²) in [6.45, 7) is 6.10. The molecule has 13 heavy (non-hydrogen) atoms. The molecule has 0 spiro atoms. The van der Waals surface area contributed by atoms with E-state index in [-0.39, 0.29) is 0 Å². The van der Waals surface area contributed by atoms with E-state index in [9.17, 15) is 0 Å². The Morgan fingerprint density at radius 3 is 1.69 bits per heavy atom. The maximum absolute atomic E-state index is 5.42. The molecule has 0 saturated carbocycles. The Morgan fingerprint density at radius 2 is 1.31 bits per heavy atom. The van der Waals surface area contributed by atoms with Crippen molar-refractivity contribution in [2.45, 2.75) is 39.5 Å². The Labute approximate surface area is 104 Å². The van der Waals surface area contributed by atoms with Crippen LogP contribution in [-0.4, -0.2) is 57.2 Å². The molecule has 0 heterocycles. The minimum absolute atomic E-state index is 0.886. The van der Waals surface area contributed by atoms with Gasteiger partial charge in [-0.15, -0.1) is 0 Å². The first kappa shape index (κ1) is 14.5. The summed E-state index contributed by atoms with van der Waals surface area (Å²) < 4.78 is 16.2. The molecule has 0 atom stereocenters. The topological polar surface area (TPSA) is 27.7 Å². The summed E-state index contributed by atoms with van der Waals surface area (Å²) in [6.07, 6.45) is 4.72. The zero-order valence-corrected chi connectivity index (χ0v) is 14.2. The van der Waals surface area contributed by atoms with Crippen LogP contribution in [-0.2, 0) is 7.56 Å². The zero-order chi connectivity index (χ0) is 9.78. The fourth-order valence-electron chi connectivity index (χ4n) is 0.592. The molecule has 5 heteroatoms. The van der Waals surface area contributed by atoms with E-state index >= 15 is 0 Å². The van der Waals surface area contributed by atoms with E-state index in [1.807, 2.05) is 0 Å². The number of hydrogen-bond acceptors (Lipinski definition) is 3. The van der Waals surface area contributed by atoms with Gasteiger partial charge in [0.25, 0.3) is 0 Å². The molecule has 4 radical (unpaired) electrons. The molecule has 0 unspecified atom stereocenters. The average molecular weight is 400 g/mol. The van der Waals surface area contributed by atoms with Crippen LogP contribution in [0.5, 0.6) is 0 Å². The molecule has 0 aliphatic heterocycles. The first-order valence-corrected chi connectivity index (χ1v) is 9.47. The quantitative estimate of drug-likeness (QED) is 0.413. The fourth-order valence-corrected chi connectivity index (χ4v) is 5.23. The third-order valence-corrected chi connectivity index (χ3v) is 6.91. The van der Waals surface area contributed by atoms with Crippen LogP contribution in [0.15, 0.2) is 0 Å². The molecule has 0 aliphatic carbocycles. The van der Waals surface area contributed by atoms with E-state index < -0.39 is 43.9 Å². The van der Waals surface area contributed by atoms with Crippen molar-refractivity contribution in [3.8, 4) is 0 Å². The summed E-state index contributed by atoms with van der Waals surface area (Å²) >= 11 is -1.89. The van der Waals surface area contributed by atoms with Crippen molar-refractivity contribution >= 4 is 43.9 Å². The van der Waals surface area contributed by atoms with E-state index in [0.717, 1.165) is 26.1 Å². The van der Waals surface area contributed by atoms with Crippen molar-refractivity contribution < 1.29 is 7.56 Å². The van der Waals surface area contributed by atoms with E-state index in [0.29, 0.717) is 0 Å². The first-order valence-electron chi connectivity index (χ1n) is 4.81. The second-order valence-electron chi connectivity index (χ2n) is 2.67. The molecule has 0 rings (SSSR count). The molecule has 0 fully saturated rings. The van der Waals surface area contributed by atoms with Crippen LogP contribution >= 0.6 is 0 Å². The van der Waals surface area contributed by atoms with Gasteiger partial charge in [0, 0.05) is 0 Å². The summed E-state index contributed by atoms with van der Waals surface area (Å²) in [5.74, 6) is 0. The molecule has 0 N–H and O–H groups in total. The first-order chi connectivity index (χ1) is 6.41. The molecular weight excluding hydrogens is 382 g/mol. The van der Waals surface area contributed by atoms with Gasteiger partial charge in [-0.1, -0.05) is 0 Å². The Morgan fingerprint density at radius 1 is 0.846 bits per heavy atom. The van der Waals surface area contributed by atoms with Crippen molar-refractivity contribution in [2.24, 2.45) is 0 Å². The summed E-state index contributed by atoms with van der Waals surface area (Å²) in [5.41, 5.74) is 0. The Balaban J connectivity index is 2.76. The zero-order valence-electron chi connectivity index (χ0n) is 8.47. The molecule has 0 saturated heterocycles. The van der Waals surface area contributed by atoms with Gasteiger partial charge in [-0.25, -0.2) is 0 Å². The summed E-state index contributed by atoms with van der Waals surface area (Å²) in [4.78, 5) is 0. The van der Waals surface area contributed by atoms with E-state index in [4.69, 9.17) is 7.56 Å². The van der Waals surface area contributed by atoms with Crippen LogP contribution in [0.3, 0.4) is 0 Å². The van der Waals surface area contributed by atoms with E-state index in [1.54, 1.807) is 0 Å². The second kappa shape index (κ2) is 13.5. The predicted octanol–water partition coefficient (Wildman–Crippen LogP) is 1.70. The molecule has 0 aromatic carbocycles. The third-order valence-electron chi connectivity index (χ3n) is 1.40. The van der Waals surface area contributed by atoms with Crippen LogP contribution < -0.4 is 0 Å². The number of hydrogen-bond donors (Lipinski definition) is 0. The van der Waals surface area contributed by atoms with Crippen LogP contribution in [0.1, 0.15) is 39.5 Å². The van der Waals surface area contributed by atoms with Crippen LogP contribution in [0.2, 0.25) is 0 Å². The standard InChI is InChI=1S/2C4H9O.O.2Sn/c2*1-2-3-4-5;;;/h2*2-4H2,1H3;;;/q2*-1;;2*+1. The van der Waals surface area contributed by atoms with Crippen LogP contribution in [0.25, 0.3) is 0 Å². The van der Waals surface area contributed by atoms with Crippen LogP contribution in [0.4, 0.5) is 0 Å². The van der Waals surface area contributed by atoms with Crippen molar-refractivity contribution in [3.05, 3.63) is 0 Å². The molecule has 0 amide bonds. The second-order valence-corrected chi connectivity index (χ2v) is 9.76. The summed E-state index contributed by atoms with van der Waals surface area (Å²) in [6, 6.07) is 0. The molecule has 76 valence electrons. The van der Waals surface area contributed by atoms with E-state index in [2.05, 4.69) is 13.8 Å². The molecular formula is C8H18O3Sn2. The monoisotopic (exact) mass is 402 g/mol. The normalized spacial score (nSPS) is 10.6. The minimum atomic E-state index is -0.944. The van der Waals surface area contributed by atoms with Crippen molar-refractivity contribution in [1.29, 1.82) is 0 Å². The molecule has 0 aliphatic rings. The van der Waals surface area contributed by atoms with Crippen molar-refractivity contribution in [1.82, 2.24) is 0 Å². The Bertz CT molecular complexity index is 83.5. The Kier molecular flexibility index (Phi) is 15.0. The number of unbranched alkanes of at least 4 members (excludes halogenated alkanes) is 2. The fraction of sp³-hybridized carbons (Fsp3) is 1.00. The van der Waals surface area contributed by atoms with Gasteiger partial charge in [0.2, 0.25) is 0 Å². The Hall–Kier alpha value is 1.48. The van der Waals surface area contributed by atoms with Gasteiger partial charge >= 0.3 is 104 Å². The van der Waals surface area contributed by atoms with Crippen molar-refractivity contribution in [3.63, 3.8) is 0 Å². The van der Waals surface area contributed by atoms with Gasteiger partial charge in [-0.2, -0.15) is 0 Å². The van der Waals surface area contributed by atoms with Gasteiger partial charge in [-0.05, 0) is 0 Å². The molecule has 3 nitrogen and oxygen atoms in total. The number of rotatable bonds is 10. The summed E-state index contributed by atoms with van der Waals surface area (Å²) in [7, 11) is 0. The van der Waals surface area contributed by atoms with Gasteiger partial charge < -0.3 is 0 Å².